The van der Waals surface area contributed by atoms with Crippen molar-refractivity contribution in [3.05, 3.63) is 38.8 Å². The van der Waals surface area contributed by atoms with Gasteiger partial charge in [-0.3, -0.25) is 9.69 Å². The van der Waals surface area contributed by atoms with Crippen molar-refractivity contribution < 1.29 is 23.7 Å². The van der Waals surface area contributed by atoms with Crippen molar-refractivity contribution in [3.63, 3.8) is 0 Å². The Balaban J connectivity index is 2.09. The molecule has 0 N–H and O–H groups in total. The van der Waals surface area contributed by atoms with Crippen LogP contribution in [0.2, 0.25) is 0 Å². The lowest BCUT2D eigenvalue weighted by Crippen LogP contribution is -2.28. The van der Waals surface area contributed by atoms with Crippen LogP contribution in [0, 0.1) is 0 Å². The molecule has 1 heterocycles. The predicted molar refractivity (Wildman–Crippen MR) is 117 cm³/mol. The summed E-state index contributed by atoms with van der Waals surface area (Å²) in [6, 6.07) is 7.49. The van der Waals surface area contributed by atoms with Crippen molar-refractivity contribution in [3.8, 4) is 23.0 Å². The molecule has 0 aliphatic carbocycles. The number of anilines is 1. The highest BCUT2D eigenvalue weighted by atomic mass is 79.9. The van der Waals surface area contributed by atoms with Gasteiger partial charge in [-0.15, -0.1) is 11.8 Å². The second kappa shape index (κ2) is 8.84. The van der Waals surface area contributed by atoms with Gasteiger partial charge < -0.3 is 18.9 Å². The topological polar surface area (TPSA) is 57.2 Å². The maximum Gasteiger partial charge on any atom is 0.238 e. The average Bonchev–Trinajstić information content (AvgIpc) is 3.07. The van der Waals surface area contributed by atoms with E-state index >= 15 is 0 Å². The van der Waals surface area contributed by atoms with E-state index < -0.39 is 0 Å². The van der Waals surface area contributed by atoms with Gasteiger partial charge in [-0.1, -0.05) is 0 Å². The molecule has 0 aromatic heterocycles. The van der Waals surface area contributed by atoms with E-state index in [1.165, 1.54) is 0 Å². The fraction of sp³-hybridized carbons (Fsp3) is 0.316. The zero-order valence-corrected chi connectivity index (χ0v) is 19.7. The number of hydrogen-bond acceptors (Lipinski definition) is 6. The molecule has 6 nitrogen and oxygen atoms in total. The van der Waals surface area contributed by atoms with Gasteiger partial charge in [-0.05, 0) is 49.6 Å². The minimum Gasteiger partial charge on any atom is -0.494 e. The summed E-state index contributed by atoms with van der Waals surface area (Å²) in [5, 5.41) is -0.200. The lowest BCUT2D eigenvalue weighted by atomic mass is 10.1. The number of ether oxygens (including phenoxy) is 4. The number of benzene rings is 2. The lowest BCUT2D eigenvalue weighted by Gasteiger charge is -2.26. The number of halogens is 2. The van der Waals surface area contributed by atoms with E-state index in [0.29, 0.717) is 34.4 Å². The molecule has 1 unspecified atom stereocenters. The molecule has 1 fully saturated rings. The maximum atomic E-state index is 12.7. The summed E-state index contributed by atoms with van der Waals surface area (Å²) in [5.74, 6) is 2.57. The smallest absolute Gasteiger partial charge is 0.238 e. The highest BCUT2D eigenvalue weighted by Crippen LogP contribution is 2.48. The first kappa shape index (κ1) is 21.1. The van der Waals surface area contributed by atoms with Crippen LogP contribution in [0.25, 0.3) is 0 Å². The third-order valence-corrected chi connectivity index (χ3v) is 6.70. The van der Waals surface area contributed by atoms with Gasteiger partial charge in [0.25, 0.3) is 0 Å². The molecule has 9 heteroatoms. The Morgan fingerprint density at radius 2 is 1.43 bits per heavy atom. The van der Waals surface area contributed by atoms with E-state index in [1.807, 2.05) is 12.1 Å². The van der Waals surface area contributed by atoms with Crippen molar-refractivity contribution in [2.24, 2.45) is 0 Å². The number of amides is 1. The van der Waals surface area contributed by atoms with E-state index in [-0.39, 0.29) is 11.3 Å². The number of hydrogen-bond donors (Lipinski definition) is 0. The van der Waals surface area contributed by atoms with Crippen molar-refractivity contribution in [1.29, 1.82) is 0 Å². The lowest BCUT2D eigenvalue weighted by molar-refractivity contribution is -0.115. The Morgan fingerprint density at radius 1 is 0.893 bits per heavy atom. The van der Waals surface area contributed by atoms with Crippen molar-refractivity contribution >= 4 is 55.2 Å². The van der Waals surface area contributed by atoms with Gasteiger partial charge in [-0.25, -0.2) is 0 Å². The molecule has 3 rings (SSSR count). The van der Waals surface area contributed by atoms with Crippen LogP contribution >= 0.6 is 43.6 Å². The Bertz CT molecular complexity index is 860. The van der Waals surface area contributed by atoms with Crippen LogP contribution in [-0.2, 0) is 4.79 Å². The van der Waals surface area contributed by atoms with Gasteiger partial charge in [0.15, 0.2) is 11.5 Å². The van der Waals surface area contributed by atoms with E-state index in [2.05, 4.69) is 31.9 Å². The Kier molecular flexibility index (Phi) is 6.67. The van der Waals surface area contributed by atoms with Crippen molar-refractivity contribution in [2.45, 2.75) is 5.37 Å². The van der Waals surface area contributed by atoms with Crippen LogP contribution in [0.15, 0.2) is 33.2 Å². The first-order valence-corrected chi connectivity index (χ1v) is 10.8. The van der Waals surface area contributed by atoms with Crippen molar-refractivity contribution in [1.82, 2.24) is 0 Å². The highest BCUT2D eigenvalue weighted by Gasteiger charge is 2.36. The molecule has 2 aromatic rings. The average molecular weight is 533 g/mol. The van der Waals surface area contributed by atoms with Gasteiger partial charge in [0, 0.05) is 12.1 Å². The summed E-state index contributed by atoms with van der Waals surface area (Å²) in [7, 11) is 6.26. The second-order valence-corrected chi connectivity index (χ2v) is 8.61. The molecule has 1 aliphatic rings. The van der Waals surface area contributed by atoms with Crippen molar-refractivity contribution in [2.75, 3.05) is 39.1 Å². The van der Waals surface area contributed by atoms with Crippen LogP contribution in [0.5, 0.6) is 23.0 Å². The Labute approximate surface area is 184 Å². The van der Waals surface area contributed by atoms with Crippen LogP contribution in [0.4, 0.5) is 5.69 Å². The molecular weight excluding hydrogens is 514 g/mol. The van der Waals surface area contributed by atoms with E-state index in [9.17, 15) is 4.79 Å². The first-order valence-electron chi connectivity index (χ1n) is 8.21. The molecule has 1 aliphatic heterocycles. The number of carbonyl (C=O) groups excluding carboxylic acids is 1. The number of thioether (sulfide) groups is 1. The summed E-state index contributed by atoms with van der Waals surface area (Å²) in [5.41, 5.74) is 1.64. The highest BCUT2D eigenvalue weighted by molar-refractivity contribution is 9.11. The fourth-order valence-corrected chi connectivity index (χ4v) is 5.78. The molecule has 0 saturated carbocycles. The summed E-state index contributed by atoms with van der Waals surface area (Å²) in [6.07, 6.45) is 0. The molecule has 150 valence electrons. The monoisotopic (exact) mass is 531 g/mol. The number of nitrogens with zero attached hydrogens (tertiary/aromatic N) is 1. The summed E-state index contributed by atoms with van der Waals surface area (Å²) in [6.45, 7) is 0. The predicted octanol–water partition coefficient (Wildman–Crippen LogP) is 5.02. The van der Waals surface area contributed by atoms with Gasteiger partial charge in [0.1, 0.15) is 11.1 Å². The van der Waals surface area contributed by atoms with E-state index in [0.717, 1.165) is 14.5 Å². The first-order chi connectivity index (χ1) is 13.4. The normalized spacial score (nSPS) is 16.3. The van der Waals surface area contributed by atoms with Crippen LogP contribution in [0.1, 0.15) is 10.9 Å². The van der Waals surface area contributed by atoms with Crippen LogP contribution < -0.4 is 23.8 Å². The summed E-state index contributed by atoms with van der Waals surface area (Å²) >= 11 is 8.63. The van der Waals surface area contributed by atoms with Crippen LogP contribution in [-0.4, -0.2) is 40.1 Å². The quantitative estimate of drug-likeness (QED) is 0.520. The molecule has 28 heavy (non-hydrogen) atoms. The molecule has 0 spiro atoms. The molecule has 1 atom stereocenters. The van der Waals surface area contributed by atoms with Gasteiger partial charge in [0.2, 0.25) is 11.7 Å². The van der Waals surface area contributed by atoms with Gasteiger partial charge in [0.05, 0.1) is 48.8 Å². The van der Waals surface area contributed by atoms with Gasteiger partial charge in [-0.2, -0.15) is 0 Å². The Morgan fingerprint density at radius 3 is 1.89 bits per heavy atom. The summed E-state index contributed by atoms with van der Waals surface area (Å²) in [4.78, 5) is 14.5. The van der Waals surface area contributed by atoms with E-state index in [4.69, 9.17) is 18.9 Å². The summed E-state index contributed by atoms with van der Waals surface area (Å²) < 4.78 is 23.3. The number of carbonyl (C=O) groups is 1. The molecule has 2 aromatic carbocycles. The van der Waals surface area contributed by atoms with Crippen LogP contribution in [0.3, 0.4) is 0 Å². The third kappa shape index (κ3) is 3.79. The standard InChI is InChI=1S/C19H19Br2NO5S/c1-24-14-7-11(8-15(25-2)18(14)27-4)22-16(23)9-28-19(22)10-5-12(20)17(26-3)13(21)6-10/h5-8,19H,9H2,1-4H3. The van der Waals surface area contributed by atoms with Gasteiger partial charge >= 0.3 is 0 Å². The fourth-order valence-electron chi connectivity index (χ4n) is 3.07. The second-order valence-electron chi connectivity index (χ2n) is 5.83. The minimum absolute atomic E-state index is 0.00679. The minimum atomic E-state index is -0.200. The maximum absolute atomic E-state index is 12.7. The molecule has 1 saturated heterocycles. The molecule has 0 bridgehead atoms. The molecule has 1 amide bonds. The Hall–Kier alpha value is -1.58. The number of methoxy groups -OCH3 is 4. The molecule has 0 radical (unpaired) electrons. The zero-order valence-electron chi connectivity index (χ0n) is 15.7. The SMILES string of the molecule is COc1cc(N2C(=O)CSC2c2cc(Br)c(OC)c(Br)c2)cc(OC)c1OC. The third-order valence-electron chi connectivity index (χ3n) is 4.31. The molecular formula is C19H19Br2NO5S. The van der Waals surface area contributed by atoms with E-state index in [1.54, 1.807) is 57.2 Å². The zero-order chi connectivity index (χ0) is 20.4. The number of rotatable bonds is 6. The largest absolute Gasteiger partial charge is 0.494 e.